The lowest BCUT2D eigenvalue weighted by Gasteiger charge is -2.43. The Hall–Kier alpha value is -1.88. The van der Waals surface area contributed by atoms with Crippen LogP contribution in [0.15, 0.2) is 24.3 Å². The Morgan fingerprint density at radius 2 is 1.96 bits per heavy atom. The number of amides is 2. The van der Waals surface area contributed by atoms with Crippen LogP contribution >= 0.6 is 0 Å². The molecular weight excluding hydrogens is 302 g/mol. The lowest BCUT2D eigenvalue weighted by molar-refractivity contribution is -0.134. The number of hydrogen-bond donors (Lipinski definition) is 1. The molecule has 1 aromatic rings. The predicted octanol–water partition coefficient (Wildman–Crippen LogP) is 1.42. The highest BCUT2D eigenvalue weighted by molar-refractivity contribution is 5.83. The molecule has 2 amide bonds. The van der Waals surface area contributed by atoms with E-state index in [-0.39, 0.29) is 23.8 Å². The maximum Gasteiger partial charge on any atom is 0.242 e. The molecule has 3 rings (SSSR count). The molecular formula is C19H27N3O2. The molecule has 5 heteroatoms. The van der Waals surface area contributed by atoms with E-state index in [1.807, 2.05) is 11.0 Å². The number of fused-ring (bicyclic) bond motifs is 1. The Balaban J connectivity index is 1.87. The van der Waals surface area contributed by atoms with Gasteiger partial charge in [0.05, 0.1) is 6.54 Å². The molecule has 1 aromatic carbocycles. The van der Waals surface area contributed by atoms with E-state index in [9.17, 15) is 9.59 Å². The third-order valence-corrected chi connectivity index (χ3v) is 5.26. The van der Waals surface area contributed by atoms with Crippen molar-refractivity contribution in [1.29, 1.82) is 0 Å². The van der Waals surface area contributed by atoms with Gasteiger partial charge in [-0.3, -0.25) is 9.59 Å². The molecule has 0 bridgehead atoms. The summed E-state index contributed by atoms with van der Waals surface area (Å²) in [7, 11) is 2.17. The smallest absolute Gasteiger partial charge is 0.242 e. The summed E-state index contributed by atoms with van der Waals surface area (Å²) >= 11 is 0. The number of benzene rings is 1. The topological polar surface area (TPSA) is 52.7 Å². The van der Waals surface area contributed by atoms with Gasteiger partial charge in [0.25, 0.3) is 0 Å². The average Bonchev–Trinajstić information content (AvgIpc) is 2.68. The summed E-state index contributed by atoms with van der Waals surface area (Å²) in [5.74, 6) is -0.153. The molecule has 5 nitrogen and oxygen atoms in total. The van der Waals surface area contributed by atoms with Crippen LogP contribution in [-0.4, -0.2) is 54.8 Å². The fourth-order valence-corrected chi connectivity index (χ4v) is 4.23. The number of likely N-dealkylation sites (tertiary alicyclic amines) is 1. The number of nitrogens with zero attached hydrogens (tertiary/aromatic N) is 2. The van der Waals surface area contributed by atoms with Crippen LogP contribution in [0.3, 0.4) is 0 Å². The van der Waals surface area contributed by atoms with Crippen molar-refractivity contribution in [3.05, 3.63) is 35.4 Å². The highest BCUT2D eigenvalue weighted by Gasteiger charge is 2.39. The summed E-state index contributed by atoms with van der Waals surface area (Å²) in [6.07, 6.45) is 3.35. The van der Waals surface area contributed by atoms with E-state index in [1.54, 1.807) is 0 Å². The van der Waals surface area contributed by atoms with Gasteiger partial charge in [-0.15, -0.1) is 0 Å². The first kappa shape index (κ1) is 17.0. The van der Waals surface area contributed by atoms with Crippen molar-refractivity contribution in [1.82, 2.24) is 15.1 Å². The molecule has 1 saturated heterocycles. The van der Waals surface area contributed by atoms with Gasteiger partial charge in [-0.2, -0.15) is 0 Å². The fourth-order valence-electron chi connectivity index (χ4n) is 4.23. The van der Waals surface area contributed by atoms with E-state index in [4.69, 9.17) is 0 Å². The minimum Gasteiger partial charge on any atom is -0.347 e. The van der Waals surface area contributed by atoms with E-state index in [0.29, 0.717) is 6.54 Å². The van der Waals surface area contributed by atoms with Gasteiger partial charge in [0, 0.05) is 32.0 Å². The minimum atomic E-state index is -0.161. The van der Waals surface area contributed by atoms with Crippen molar-refractivity contribution in [2.24, 2.45) is 5.41 Å². The van der Waals surface area contributed by atoms with E-state index in [1.165, 1.54) is 24.5 Å². The van der Waals surface area contributed by atoms with E-state index >= 15 is 0 Å². The van der Waals surface area contributed by atoms with Gasteiger partial charge in [-0.25, -0.2) is 0 Å². The number of hydrogen-bond acceptors (Lipinski definition) is 3. The second kappa shape index (κ2) is 6.93. The molecule has 1 unspecified atom stereocenters. The van der Waals surface area contributed by atoms with E-state index in [0.717, 1.165) is 32.5 Å². The summed E-state index contributed by atoms with van der Waals surface area (Å²) in [5, 5.41) is 2.65. The van der Waals surface area contributed by atoms with E-state index < -0.39 is 0 Å². The molecule has 2 aliphatic rings. The van der Waals surface area contributed by atoms with Gasteiger partial charge < -0.3 is 15.1 Å². The van der Waals surface area contributed by atoms with Crippen molar-refractivity contribution in [3.63, 3.8) is 0 Å². The second-order valence-corrected chi connectivity index (χ2v) is 7.45. The third-order valence-electron chi connectivity index (χ3n) is 5.26. The molecule has 0 saturated carbocycles. The van der Waals surface area contributed by atoms with Crippen LogP contribution in [0.1, 0.15) is 30.9 Å². The first-order valence-electron chi connectivity index (χ1n) is 8.75. The van der Waals surface area contributed by atoms with Crippen LogP contribution in [0.4, 0.5) is 0 Å². The Labute approximate surface area is 144 Å². The largest absolute Gasteiger partial charge is 0.347 e. The quantitative estimate of drug-likeness (QED) is 0.893. The maximum absolute atomic E-state index is 12.7. The number of carbonyl (C=O) groups excluding carboxylic acids is 2. The van der Waals surface area contributed by atoms with Crippen LogP contribution in [-0.2, 0) is 22.6 Å². The molecule has 0 aliphatic carbocycles. The van der Waals surface area contributed by atoms with Gasteiger partial charge in [0.1, 0.15) is 0 Å². The molecule has 2 aliphatic heterocycles. The lowest BCUT2D eigenvalue weighted by atomic mass is 9.75. The first-order chi connectivity index (χ1) is 11.5. The van der Waals surface area contributed by atoms with Gasteiger partial charge in [0.15, 0.2) is 0 Å². The molecule has 2 heterocycles. The van der Waals surface area contributed by atoms with Gasteiger partial charge in [0.2, 0.25) is 11.8 Å². The summed E-state index contributed by atoms with van der Waals surface area (Å²) in [5.41, 5.74) is 2.72. The lowest BCUT2D eigenvalue weighted by Crippen LogP contribution is -2.50. The van der Waals surface area contributed by atoms with Crippen molar-refractivity contribution in [2.45, 2.75) is 32.7 Å². The number of carbonyl (C=O) groups is 2. The number of rotatable bonds is 2. The monoisotopic (exact) mass is 329 g/mol. The Morgan fingerprint density at radius 1 is 1.21 bits per heavy atom. The molecule has 0 radical (unpaired) electrons. The van der Waals surface area contributed by atoms with Crippen LogP contribution in [0.25, 0.3) is 0 Å². The Kier molecular flexibility index (Phi) is 4.90. The number of nitrogens with one attached hydrogen (secondary N) is 1. The van der Waals surface area contributed by atoms with Crippen molar-refractivity contribution >= 4 is 11.8 Å². The molecule has 130 valence electrons. The molecule has 0 aromatic heterocycles. The molecule has 1 spiro atoms. The number of piperidine rings is 1. The van der Waals surface area contributed by atoms with E-state index in [2.05, 4.69) is 35.5 Å². The van der Waals surface area contributed by atoms with Gasteiger partial charge in [-0.1, -0.05) is 24.3 Å². The normalized spacial score (nSPS) is 24.3. The summed E-state index contributed by atoms with van der Waals surface area (Å²) in [4.78, 5) is 28.1. The van der Waals surface area contributed by atoms with Crippen LogP contribution in [0.5, 0.6) is 0 Å². The van der Waals surface area contributed by atoms with Crippen LogP contribution in [0, 0.1) is 5.41 Å². The summed E-state index contributed by atoms with van der Waals surface area (Å²) < 4.78 is 0. The van der Waals surface area contributed by atoms with Gasteiger partial charge >= 0.3 is 0 Å². The maximum atomic E-state index is 12.7. The summed E-state index contributed by atoms with van der Waals surface area (Å²) in [6, 6.07) is 8.46. The van der Waals surface area contributed by atoms with Crippen LogP contribution in [0.2, 0.25) is 0 Å². The Morgan fingerprint density at radius 3 is 2.67 bits per heavy atom. The minimum absolute atomic E-state index is 0.00880. The molecule has 1 atom stereocenters. The third kappa shape index (κ3) is 3.78. The second-order valence-electron chi connectivity index (χ2n) is 7.45. The molecule has 24 heavy (non-hydrogen) atoms. The predicted molar refractivity (Wildman–Crippen MR) is 93.4 cm³/mol. The zero-order valence-corrected chi connectivity index (χ0v) is 14.7. The SMILES string of the molecule is CC(=O)NCC(=O)N1Cc2ccccc2CC2(CCCN(C)C2)C1. The van der Waals surface area contributed by atoms with Crippen molar-refractivity contribution in [2.75, 3.05) is 33.2 Å². The highest BCUT2D eigenvalue weighted by Crippen LogP contribution is 2.37. The fraction of sp³-hybridized carbons (Fsp3) is 0.579. The van der Waals surface area contributed by atoms with Crippen molar-refractivity contribution in [3.8, 4) is 0 Å². The highest BCUT2D eigenvalue weighted by atomic mass is 16.2. The van der Waals surface area contributed by atoms with Crippen LogP contribution < -0.4 is 5.32 Å². The summed E-state index contributed by atoms with van der Waals surface area (Å²) in [6.45, 7) is 5.09. The van der Waals surface area contributed by atoms with Gasteiger partial charge in [-0.05, 0) is 44.0 Å². The molecule has 1 N–H and O–H groups in total. The standard InChI is InChI=1S/C19H27N3O2/c1-15(23)20-11-18(24)22-12-17-7-4-3-6-16(17)10-19(14-22)8-5-9-21(2)13-19/h3-4,6-7H,5,8-14H2,1-2H3,(H,20,23). The first-order valence-corrected chi connectivity index (χ1v) is 8.75. The molecule has 1 fully saturated rings. The average molecular weight is 329 g/mol. The Bertz CT molecular complexity index is 631. The van der Waals surface area contributed by atoms with Crippen molar-refractivity contribution < 1.29 is 9.59 Å². The zero-order chi connectivity index (χ0) is 17.2. The zero-order valence-electron chi connectivity index (χ0n) is 14.7.